The third-order valence-electron chi connectivity index (χ3n) is 4.18. The van der Waals surface area contributed by atoms with Gasteiger partial charge in [0.25, 0.3) is 0 Å². The first-order valence-electron chi connectivity index (χ1n) is 8.03. The molecule has 3 aromatic heterocycles. The number of aliphatic hydroxyl groups excluding tert-OH is 3. The number of nitrogens with one attached hydrogen (secondary N) is 1. The van der Waals surface area contributed by atoms with Gasteiger partial charge in [-0.25, -0.2) is 20.4 Å². The molecule has 3 aromatic rings. The van der Waals surface area contributed by atoms with Crippen molar-refractivity contribution in [1.29, 1.82) is 0 Å². The minimum absolute atomic E-state index is 0.128. The molecule has 0 bridgehead atoms. The topological polar surface area (TPSA) is 177 Å². The van der Waals surface area contributed by atoms with E-state index < -0.39 is 31.1 Å². The molecular weight excluding hydrogens is 358 g/mol. The monoisotopic (exact) mass is 375 g/mol. The Bertz CT molecular complexity index is 957. The van der Waals surface area contributed by atoms with E-state index in [-0.39, 0.29) is 22.9 Å². The van der Waals surface area contributed by atoms with E-state index in [4.69, 9.17) is 14.9 Å². The molecule has 12 heteroatoms. The van der Waals surface area contributed by atoms with Gasteiger partial charge in [-0.05, 0) is 12.1 Å². The van der Waals surface area contributed by atoms with Crippen LogP contribution in [0.5, 0.6) is 0 Å². The lowest BCUT2D eigenvalue weighted by atomic mass is 10.1. The maximum absolute atomic E-state index is 10.4. The van der Waals surface area contributed by atoms with E-state index in [2.05, 4.69) is 25.5 Å². The standard InChI is InChI=1S/C15H17N7O5/c16-12-9-13(18-6-17-12)22(14-11(25)10(24)8(5-23)27-14)15(20-9)21-19-4-7-2-1-3-26-7/h1-4,6,8,10-11,14,23-25H,5H2,(H,20,21)(H2,16,17,18)/b19-4-/t8-,10+,11+,14+/m0/s1. The Morgan fingerprint density at radius 2 is 2.19 bits per heavy atom. The highest BCUT2D eigenvalue weighted by molar-refractivity contribution is 5.84. The zero-order valence-electron chi connectivity index (χ0n) is 13.9. The molecule has 1 saturated heterocycles. The van der Waals surface area contributed by atoms with E-state index in [9.17, 15) is 15.3 Å². The Morgan fingerprint density at radius 3 is 2.89 bits per heavy atom. The number of hydrogen-bond acceptors (Lipinski definition) is 11. The minimum Gasteiger partial charge on any atom is -0.463 e. The Balaban J connectivity index is 1.74. The summed E-state index contributed by atoms with van der Waals surface area (Å²) in [6.07, 6.45) is -0.463. The molecule has 1 aliphatic rings. The van der Waals surface area contributed by atoms with E-state index in [0.29, 0.717) is 5.76 Å². The second kappa shape index (κ2) is 6.92. The fourth-order valence-electron chi connectivity index (χ4n) is 2.86. The number of aliphatic hydroxyl groups is 3. The molecule has 0 saturated carbocycles. The molecule has 1 aliphatic heterocycles. The van der Waals surface area contributed by atoms with Crippen molar-refractivity contribution in [3.05, 3.63) is 30.5 Å². The first-order valence-corrected chi connectivity index (χ1v) is 8.03. The van der Waals surface area contributed by atoms with Gasteiger partial charge < -0.3 is 30.2 Å². The largest absolute Gasteiger partial charge is 0.463 e. The van der Waals surface area contributed by atoms with E-state index in [1.54, 1.807) is 12.1 Å². The third kappa shape index (κ3) is 3.00. The van der Waals surface area contributed by atoms with Crippen LogP contribution in [0.4, 0.5) is 11.8 Å². The average Bonchev–Trinajstić information content (AvgIpc) is 3.36. The number of aromatic nitrogens is 4. The van der Waals surface area contributed by atoms with Crippen molar-refractivity contribution in [2.45, 2.75) is 24.5 Å². The number of fused-ring (bicyclic) bond motifs is 1. The summed E-state index contributed by atoms with van der Waals surface area (Å²) in [7, 11) is 0. The highest BCUT2D eigenvalue weighted by Gasteiger charge is 2.45. The van der Waals surface area contributed by atoms with Gasteiger partial charge in [-0.1, -0.05) is 0 Å². The number of ether oxygens (including phenoxy) is 1. The molecule has 0 radical (unpaired) electrons. The fourth-order valence-corrected chi connectivity index (χ4v) is 2.86. The van der Waals surface area contributed by atoms with Gasteiger partial charge in [-0.2, -0.15) is 5.10 Å². The number of furan rings is 1. The van der Waals surface area contributed by atoms with Crippen molar-refractivity contribution in [3.63, 3.8) is 0 Å². The van der Waals surface area contributed by atoms with Crippen molar-refractivity contribution in [2.75, 3.05) is 17.8 Å². The Hall–Kier alpha value is -3.06. The van der Waals surface area contributed by atoms with Gasteiger partial charge in [-0.3, -0.25) is 4.57 Å². The molecule has 27 heavy (non-hydrogen) atoms. The maximum atomic E-state index is 10.4. The zero-order valence-corrected chi connectivity index (χ0v) is 13.9. The average molecular weight is 375 g/mol. The normalized spacial score (nSPS) is 25.6. The summed E-state index contributed by atoms with van der Waals surface area (Å²) in [5, 5.41) is 33.8. The highest BCUT2D eigenvalue weighted by atomic mass is 16.6. The molecule has 0 spiro atoms. The quantitative estimate of drug-likeness (QED) is 0.276. The van der Waals surface area contributed by atoms with Crippen molar-refractivity contribution in [2.24, 2.45) is 5.10 Å². The van der Waals surface area contributed by atoms with Crippen molar-refractivity contribution >= 4 is 29.1 Å². The highest BCUT2D eigenvalue weighted by Crippen LogP contribution is 2.35. The number of imidazole rings is 1. The van der Waals surface area contributed by atoms with E-state index in [1.165, 1.54) is 23.4 Å². The zero-order chi connectivity index (χ0) is 19.0. The smallest absolute Gasteiger partial charge is 0.228 e. The Labute approximate surface area is 151 Å². The number of anilines is 2. The second-order valence-electron chi connectivity index (χ2n) is 5.85. The van der Waals surface area contributed by atoms with Crippen LogP contribution in [0, 0.1) is 0 Å². The number of nitrogens with two attached hydrogens (primary N) is 1. The number of rotatable bonds is 5. The Morgan fingerprint density at radius 1 is 1.33 bits per heavy atom. The van der Waals surface area contributed by atoms with Crippen LogP contribution in [-0.4, -0.2) is 66.0 Å². The lowest BCUT2D eigenvalue weighted by Gasteiger charge is -2.18. The summed E-state index contributed by atoms with van der Waals surface area (Å²) in [5.74, 6) is 0.788. The van der Waals surface area contributed by atoms with E-state index in [1.807, 2.05) is 0 Å². The van der Waals surface area contributed by atoms with Gasteiger partial charge in [0, 0.05) is 0 Å². The number of hydrogen-bond donors (Lipinski definition) is 5. The molecule has 142 valence electrons. The summed E-state index contributed by atoms with van der Waals surface area (Å²) in [5.41, 5.74) is 9.11. The van der Waals surface area contributed by atoms with Crippen molar-refractivity contribution in [1.82, 2.24) is 19.5 Å². The molecule has 4 atom stereocenters. The molecule has 12 nitrogen and oxygen atoms in total. The maximum Gasteiger partial charge on any atom is 0.228 e. The summed E-state index contributed by atoms with van der Waals surface area (Å²) in [6.45, 7) is -0.460. The van der Waals surface area contributed by atoms with Crippen LogP contribution in [0.25, 0.3) is 11.2 Å². The molecule has 0 amide bonds. The van der Waals surface area contributed by atoms with Crippen LogP contribution in [0.1, 0.15) is 12.0 Å². The molecule has 4 heterocycles. The van der Waals surface area contributed by atoms with Gasteiger partial charge in [-0.15, -0.1) is 0 Å². The molecule has 6 N–H and O–H groups in total. The van der Waals surface area contributed by atoms with Crippen LogP contribution in [-0.2, 0) is 4.74 Å². The van der Waals surface area contributed by atoms with Crippen LogP contribution in [0.3, 0.4) is 0 Å². The van der Waals surface area contributed by atoms with Crippen LogP contribution in [0.2, 0.25) is 0 Å². The second-order valence-corrected chi connectivity index (χ2v) is 5.85. The third-order valence-corrected chi connectivity index (χ3v) is 4.18. The van der Waals surface area contributed by atoms with Crippen molar-refractivity contribution in [3.8, 4) is 0 Å². The molecule has 0 unspecified atom stereocenters. The van der Waals surface area contributed by atoms with Gasteiger partial charge in [0.2, 0.25) is 5.95 Å². The molecule has 4 rings (SSSR count). The van der Waals surface area contributed by atoms with Gasteiger partial charge >= 0.3 is 0 Å². The summed E-state index contributed by atoms with van der Waals surface area (Å²) < 4.78 is 12.1. The summed E-state index contributed by atoms with van der Waals surface area (Å²) in [6, 6.07) is 3.43. The lowest BCUT2D eigenvalue weighted by Crippen LogP contribution is -2.33. The Kier molecular flexibility index (Phi) is 4.45. The summed E-state index contributed by atoms with van der Waals surface area (Å²) >= 11 is 0. The molecule has 0 aliphatic carbocycles. The van der Waals surface area contributed by atoms with E-state index in [0.717, 1.165) is 0 Å². The van der Waals surface area contributed by atoms with Crippen LogP contribution >= 0.6 is 0 Å². The van der Waals surface area contributed by atoms with Crippen LogP contribution < -0.4 is 11.2 Å². The number of hydrazone groups is 1. The van der Waals surface area contributed by atoms with Gasteiger partial charge in [0.05, 0.1) is 19.1 Å². The van der Waals surface area contributed by atoms with Crippen molar-refractivity contribution < 1.29 is 24.5 Å². The fraction of sp³-hybridized carbons (Fsp3) is 0.333. The minimum atomic E-state index is -1.33. The predicted octanol–water partition coefficient (Wildman–Crippen LogP) is -0.941. The van der Waals surface area contributed by atoms with Gasteiger partial charge in [0.1, 0.15) is 30.4 Å². The first-order chi connectivity index (χ1) is 13.1. The van der Waals surface area contributed by atoms with Gasteiger partial charge in [0.15, 0.2) is 23.2 Å². The van der Waals surface area contributed by atoms with Crippen LogP contribution in [0.15, 0.2) is 34.2 Å². The summed E-state index contributed by atoms with van der Waals surface area (Å²) in [4.78, 5) is 12.3. The number of nitrogen functional groups attached to an aromatic ring is 1. The van der Waals surface area contributed by atoms with E-state index >= 15 is 0 Å². The molecular formula is C15H17N7O5. The number of nitrogens with zero attached hydrogens (tertiary/aromatic N) is 5. The SMILES string of the molecule is Nc1ncnc2c1nc(N/N=C\c1ccco1)n2[C@@H]1O[C@@H](CO)[C@@H](O)[C@H]1O. The first kappa shape index (κ1) is 17.4. The lowest BCUT2D eigenvalue weighted by molar-refractivity contribution is -0.0501. The predicted molar refractivity (Wildman–Crippen MR) is 92.7 cm³/mol. The molecule has 1 fully saturated rings. The molecule has 0 aromatic carbocycles.